The number of carbonyl (C=O) groups is 4. The third-order valence-corrected chi connectivity index (χ3v) is 5.38. The smallest absolute Gasteiger partial charge is 0.305 e. The summed E-state index contributed by atoms with van der Waals surface area (Å²) in [5.41, 5.74) is 1.26. The van der Waals surface area contributed by atoms with Crippen molar-refractivity contribution < 1.29 is 28.7 Å². The van der Waals surface area contributed by atoms with Crippen LogP contribution in [0.3, 0.4) is 0 Å². The molecule has 0 radical (unpaired) electrons. The summed E-state index contributed by atoms with van der Waals surface area (Å²) in [6.07, 6.45) is 3.69. The van der Waals surface area contributed by atoms with Gasteiger partial charge in [0.15, 0.2) is 0 Å². The number of nitrogens with one attached hydrogen (secondary N) is 1. The molecule has 0 saturated heterocycles. The monoisotopic (exact) mass is 452 g/mol. The first-order valence-corrected chi connectivity index (χ1v) is 11.1. The minimum atomic E-state index is -0.459. The lowest BCUT2D eigenvalue weighted by Gasteiger charge is -2.14. The standard InChI is InChI=1S/C25H28N2O6/c1-3-33-19-12-10-18(11-13-19)27-24(30)20-14-9-17(16-21(20)25(27)31)23(29)26-15-7-5-4-6-8-22(28)32-2/h9-14,16H,3-8,15H2,1-2H3,(H,26,29). The molecule has 0 aliphatic carbocycles. The highest BCUT2D eigenvalue weighted by molar-refractivity contribution is 6.34. The molecule has 174 valence electrons. The lowest BCUT2D eigenvalue weighted by atomic mass is 10.1. The summed E-state index contributed by atoms with van der Waals surface area (Å²) in [4.78, 5) is 50.4. The summed E-state index contributed by atoms with van der Waals surface area (Å²) in [7, 11) is 1.37. The molecule has 1 N–H and O–H groups in total. The summed E-state index contributed by atoms with van der Waals surface area (Å²) >= 11 is 0. The average molecular weight is 453 g/mol. The van der Waals surface area contributed by atoms with Gasteiger partial charge < -0.3 is 14.8 Å². The molecule has 1 aliphatic rings. The number of rotatable bonds is 11. The number of imide groups is 1. The van der Waals surface area contributed by atoms with E-state index in [0.29, 0.717) is 36.6 Å². The number of esters is 1. The van der Waals surface area contributed by atoms with Crippen LogP contribution in [-0.2, 0) is 9.53 Å². The van der Waals surface area contributed by atoms with E-state index in [1.165, 1.54) is 19.2 Å². The summed E-state index contributed by atoms with van der Waals surface area (Å²) in [6.45, 7) is 2.88. The quantitative estimate of drug-likeness (QED) is 0.317. The number of nitrogens with zero attached hydrogens (tertiary/aromatic N) is 1. The van der Waals surface area contributed by atoms with E-state index in [9.17, 15) is 19.2 Å². The zero-order valence-corrected chi connectivity index (χ0v) is 18.9. The molecule has 33 heavy (non-hydrogen) atoms. The Morgan fingerprint density at radius 3 is 2.30 bits per heavy atom. The van der Waals surface area contributed by atoms with Crippen LogP contribution in [0.15, 0.2) is 42.5 Å². The van der Waals surface area contributed by atoms with E-state index in [4.69, 9.17) is 4.74 Å². The van der Waals surface area contributed by atoms with Crippen LogP contribution in [0.4, 0.5) is 5.69 Å². The zero-order chi connectivity index (χ0) is 23.8. The van der Waals surface area contributed by atoms with Crippen molar-refractivity contribution in [3.63, 3.8) is 0 Å². The second-order valence-corrected chi connectivity index (χ2v) is 7.63. The van der Waals surface area contributed by atoms with Crippen molar-refractivity contribution >= 4 is 29.4 Å². The Labute approximate surface area is 192 Å². The van der Waals surface area contributed by atoms with Crippen molar-refractivity contribution in [2.75, 3.05) is 25.2 Å². The van der Waals surface area contributed by atoms with E-state index in [1.54, 1.807) is 30.3 Å². The number of ether oxygens (including phenoxy) is 2. The van der Waals surface area contributed by atoms with Gasteiger partial charge in [-0.05, 0) is 62.2 Å². The molecule has 3 rings (SSSR count). The fraction of sp³-hybridized carbons (Fsp3) is 0.360. The Morgan fingerprint density at radius 2 is 1.61 bits per heavy atom. The zero-order valence-electron chi connectivity index (χ0n) is 18.9. The van der Waals surface area contributed by atoms with Crippen molar-refractivity contribution in [3.8, 4) is 5.75 Å². The average Bonchev–Trinajstić information content (AvgIpc) is 3.08. The summed E-state index contributed by atoms with van der Waals surface area (Å²) < 4.78 is 10.0. The largest absolute Gasteiger partial charge is 0.494 e. The fourth-order valence-corrected chi connectivity index (χ4v) is 3.63. The summed E-state index contributed by atoms with van der Waals surface area (Å²) in [5.74, 6) is -0.737. The van der Waals surface area contributed by atoms with E-state index < -0.39 is 11.8 Å². The summed E-state index contributed by atoms with van der Waals surface area (Å²) in [6, 6.07) is 11.3. The molecular weight excluding hydrogens is 424 g/mol. The number of hydrogen-bond acceptors (Lipinski definition) is 6. The van der Waals surface area contributed by atoms with Crippen LogP contribution in [0.1, 0.15) is 70.1 Å². The summed E-state index contributed by atoms with van der Waals surface area (Å²) in [5, 5.41) is 2.83. The van der Waals surface area contributed by atoms with Crippen LogP contribution in [-0.4, -0.2) is 44.0 Å². The molecule has 0 atom stereocenters. The van der Waals surface area contributed by atoms with Crippen molar-refractivity contribution in [2.24, 2.45) is 0 Å². The molecular formula is C25H28N2O6. The third kappa shape index (κ3) is 5.77. The first-order valence-electron chi connectivity index (χ1n) is 11.1. The second-order valence-electron chi connectivity index (χ2n) is 7.63. The van der Waals surface area contributed by atoms with Gasteiger partial charge in [0.1, 0.15) is 5.75 Å². The maximum Gasteiger partial charge on any atom is 0.305 e. The molecule has 1 aliphatic heterocycles. The van der Waals surface area contributed by atoms with Gasteiger partial charge in [-0.3, -0.25) is 19.2 Å². The molecule has 8 nitrogen and oxygen atoms in total. The van der Waals surface area contributed by atoms with Gasteiger partial charge >= 0.3 is 5.97 Å². The lowest BCUT2D eigenvalue weighted by Crippen LogP contribution is -2.29. The van der Waals surface area contributed by atoms with Gasteiger partial charge in [-0.25, -0.2) is 4.90 Å². The predicted octanol–water partition coefficient (Wildman–Crippen LogP) is 3.74. The number of hydrogen-bond donors (Lipinski definition) is 1. The fourth-order valence-electron chi connectivity index (χ4n) is 3.63. The molecule has 0 aromatic heterocycles. The van der Waals surface area contributed by atoms with E-state index in [1.807, 2.05) is 6.92 Å². The molecule has 0 fully saturated rings. The van der Waals surface area contributed by atoms with Crippen LogP contribution in [0.5, 0.6) is 5.75 Å². The first kappa shape index (κ1) is 24.0. The molecule has 1 heterocycles. The van der Waals surface area contributed by atoms with Crippen molar-refractivity contribution in [1.29, 1.82) is 0 Å². The first-order chi connectivity index (χ1) is 16.0. The number of carbonyl (C=O) groups excluding carboxylic acids is 4. The molecule has 8 heteroatoms. The van der Waals surface area contributed by atoms with E-state index >= 15 is 0 Å². The van der Waals surface area contributed by atoms with Crippen LogP contribution in [0, 0.1) is 0 Å². The maximum absolute atomic E-state index is 12.9. The van der Waals surface area contributed by atoms with Gasteiger partial charge in [-0.15, -0.1) is 0 Å². The Hall–Kier alpha value is -3.68. The third-order valence-electron chi connectivity index (χ3n) is 5.38. The molecule has 0 saturated carbocycles. The molecule has 3 amide bonds. The highest BCUT2D eigenvalue weighted by Gasteiger charge is 2.37. The SMILES string of the molecule is CCOc1ccc(N2C(=O)c3ccc(C(=O)NCCCCCCC(=O)OC)cc3C2=O)cc1. The van der Waals surface area contributed by atoms with E-state index in [2.05, 4.69) is 10.1 Å². The van der Waals surface area contributed by atoms with Gasteiger partial charge in [0.25, 0.3) is 17.7 Å². The highest BCUT2D eigenvalue weighted by atomic mass is 16.5. The van der Waals surface area contributed by atoms with Crippen LogP contribution in [0.25, 0.3) is 0 Å². The molecule has 2 aromatic rings. The second kappa shape index (κ2) is 11.3. The predicted molar refractivity (Wildman–Crippen MR) is 123 cm³/mol. The Bertz CT molecular complexity index is 1030. The minimum absolute atomic E-state index is 0.212. The molecule has 0 bridgehead atoms. The van der Waals surface area contributed by atoms with E-state index in [0.717, 1.165) is 30.6 Å². The molecule has 0 unspecified atom stereocenters. The van der Waals surface area contributed by atoms with Gasteiger partial charge in [0.2, 0.25) is 0 Å². The van der Waals surface area contributed by atoms with Crippen molar-refractivity contribution in [3.05, 3.63) is 59.2 Å². The van der Waals surface area contributed by atoms with Crippen LogP contribution in [0.2, 0.25) is 0 Å². The number of amides is 3. The van der Waals surface area contributed by atoms with Gasteiger partial charge in [-0.1, -0.05) is 12.8 Å². The highest BCUT2D eigenvalue weighted by Crippen LogP contribution is 2.30. The molecule has 0 spiro atoms. The number of methoxy groups -OCH3 is 1. The Balaban J connectivity index is 1.56. The number of benzene rings is 2. The number of anilines is 1. The van der Waals surface area contributed by atoms with Crippen LogP contribution >= 0.6 is 0 Å². The molecule has 2 aromatic carbocycles. The van der Waals surface area contributed by atoms with E-state index in [-0.39, 0.29) is 23.0 Å². The van der Waals surface area contributed by atoms with Gasteiger partial charge in [-0.2, -0.15) is 0 Å². The lowest BCUT2D eigenvalue weighted by molar-refractivity contribution is -0.140. The Morgan fingerprint density at radius 1 is 0.909 bits per heavy atom. The maximum atomic E-state index is 12.9. The number of unbranched alkanes of at least 4 members (excludes halogenated alkanes) is 3. The van der Waals surface area contributed by atoms with Crippen molar-refractivity contribution in [1.82, 2.24) is 5.32 Å². The topological polar surface area (TPSA) is 102 Å². The van der Waals surface area contributed by atoms with Crippen molar-refractivity contribution in [2.45, 2.75) is 39.0 Å². The normalized spacial score (nSPS) is 12.5. The Kier molecular flexibility index (Phi) is 8.18. The van der Waals surface area contributed by atoms with Crippen LogP contribution < -0.4 is 15.0 Å². The number of fused-ring (bicyclic) bond motifs is 1. The van der Waals surface area contributed by atoms with Gasteiger partial charge in [0.05, 0.1) is 30.5 Å². The minimum Gasteiger partial charge on any atom is -0.494 e. The van der Waals surface area contributed by atoms with Gasteiger partial charge in [0, 0.05) is 18.5 Å².